The van der Waals surface area contributed by atoms with Crippen molar-refractivity contribution in [3.8, 4) is 5.75 Å². The summed E-state index contributed by atoms with van der Waals surface area (Å²) >= 11 is 5.80. The van der Waals surface area contributed by atoms with Crippen LogP contribution in [-0.4, -0.2) is 18.5 Å². The molecule has 1 aromatic carbocycles. The number of nitrogens with two attached hydrogens (primary N) is 1. The number of hydrogen-bond donors (Lipinski definition) is 1. The van der Waals surface area contributed by atoms with Gasteiger partial charge < -0.3 is 10.5 Å². The summed E-state index contributed by atoms with van der Waals surface area (Å²) in [6.45, 7) is 0.345. The maximum atomic E-state index is 5.88. The molecule has 3 nitrogen and oxygen atoms in total. The van der Waals surface area contributed by atoms with Crippen LogP contribution in [0.4, 0.5) is 0 Å². The molecule has 0 unspecified atom stereocenters. The summed E-state index contributed by atoms with van der Waals surface area (Å²) in [5, 5.41) is 0.700. The summed E-state index contributed by atoms with van der Waals surface area (Å²) in [7, 11) is 0. The number of benzene rings is 1. The highest BCUT2D eigenvalue weighted by molar-refractivity contribution is 6.30. The van der Waals surface area contributed by atoms with Gasteiger partial charge in [0.2, 0.25) is 0 Å². The summed E-state index contributed by atoms with van der Waals surface area (Å²) < 4.78 is 5.55. The van der Waals surface area contributed by atoms with E-state index in [1.165, 1.54) is 19.3 Å². The van der Waals surface area contributed by atoms with Crippen LogP contribution in [0.1, 0.15) is 32.1 Å². The molecule has 1 aliphatic rings. The standard InChI is InChI=1S/C14H19ClN2O.ClH/c15-11-6-8-13(9-7-11)18-10-14(16)17-12-4-2-1-3-5-12;/h6-9,12H,1-5,10H2,(H2,16,17);1H. The van der Waals surface area contributed by atoms with E-state index in [1.807, 2.05) is 12.1 Å². The molecule has 5 heteroatoms. The molecule has 1 aliphatic carbocycles. The molecule has 1 aromatic rings. The number of aliphatic imine (C=N–C) groups is 1. The number of amidine groups is 1. The molecule has 106 valence electrons. The summed E-state index contributed by atoms with van der Waals surface area (Å²) in [6.07, 6.45) is 6.16. The molecule has 0 aromatic heterocycles. The Morgan fingerprint density at radius 1 is 1.21 bits per heavy atom. The van der Waals surface area contributed by atoms with Crippen molar-refractivity contribution in [2.45, 2.75) is 38.1 Å². The topological polar surface area (TPSA) is 47.6 Å². The fourth-order valence-corrected chi connectivity index (χ4v) is 2.30. The molecule has 19 heavy (non-hydrogen) atoms. The van der Waals surface area contributed by atoms with Crippen molar-refractivity contribution in [2.75, 3.05) is 6.61 Å². The molecule has 0 radical (unpaired) electrons. The lowest BCUT2D eigenvalue weighted by Gasteiger charge is -2.18. The largest absolute Gasteiger partial charge is 0.486 e. The van der Waals surface area contributed by atoms with Gasteiger partial charge in [-0.25, -0.2) is 0 Å². The minimum absolute atomic E-state index is 0. The van der Waals surface area contributed by atoms with Crippen molar-refractivity contribution in [2.24, 2.45) is 10.7 Å². The molecule has 0 bridgehead atoms. The van der Waals surface area contributed by atoms with Crippen LogP contribution in [0.25, 0.3) is 0 Å². The van der Waals surface area contributed by atoms with E-state index in [2.05, 4.69) is 4.99 Å². The van der Waals surface area contributed by atoms with E-state index in [9.17, 15) is 0 Å². The summed E-state index contributed by atoms with van der Waals surface area (Å²) in [4.78, 5) is 4.51. The highest BCUT2D eigenvalue weighted by Gasteiger charge is 2.12. The SMILES string of the molecule is Cl.NC(COc1ccc(Cl)cc1)=NC1CCCCC1. The van der Waals surface area contributed by atoms with Crippen LogP contribution in [-0.2, 0) is 0 Å². The van der Waals surface area contributed by atoms with Gasteiger partial charge in [-0.3, -0.25) is 4.99 Å². The molecular weight excluding hydrogens is 283 g/mol. The van der Waals surface area contributed by atoms with Crippen LogP contribution < -0.4 is 10.5 Å². The molecule has 0 spiro atoms. The Labute approximate surface area is 125 Å². The third kappa shape index (κ3) is 5.70. The first-order chi connectivity index (χ1) is 8.74. The van der Waals surface area contributed by atoms with Crippen LogP contribution in [0.5, 0.6) is 5.75 Å². The van der Waals surface area contributed by atoms with Crippen LogP contribution >= 0.6 is 24.0 Å². The van der Waals surface area contributed by atoms with Gasteiger partial charge in [-0.15, -0.1) is 12.4 Å². The highest BCUT2D eigenvalue weighted by Crippen LogP contribution is 2.20. The van der Waals surface area contributed by atoms with Crippen molar-refractivity contribution in [1.29, 1.82) is 0 Å². The van der Waals surface area contributed by atoms with Crippen molar-refractivity contribution in [3.63, 3.8) is 0 Å². The first kappa shape index (κ1) is 16.1. The average Bonchev–Trinajstić information content (AvgIpc) is 2.39. The predicted octanol–water partition coefficient (Wildman–Crippen LogP) is 3.83. The smallest absolute Gasteiger partial charge is 0.145 e. The first-order valence-corrected chi connectivity index (χ1v) is 6.82. The third-order valence-electron chi connectivity index (χ3n) is 3.12. The fourth-order valence-electron chi connectivity index (χ4n) is 2.17. The Balaban J connectivity index is 0.00000180. The molecule has 2 rings (SSSR count). The summed E-state index contributed by atoms with van der Waals surface area (Å²) in [5.74, 6) is 1.35. The number of halogens is 2. The van der Waals surface area contributed by atoms with Gasteiger partial charge in [0.15, 0.2) is 0 Å². The van der Waals surface area contributed by atoms with E-state index in [1.54, 1.807) is 12.1 Å². The van der Waals surface area contributed by atoms with E-state index in [0.717, 1.165) is 18.6 Å². The second-order valence-corrected chi connectivity index (χ2v) is 5.09. The molecule has 0 amide bonds. The lowest BCUT2D eigenvalue weighted by molar-refractivity contribution is 0.371. The fraction of sp³-hybridized carbons (Fsp3) is 0.500. The molecule has 2 N–H and O–H groups in total. The number of ether oxygens (including phenoxy) is 1. The van der Waals surface area contributed by atoms with Crippen LogP contribution in [0.2, 0.25) is 5.02 Å². The quantitative estimate of drug-likeness (QED) is 0.679. The minimum atomic E-state index is 0. The van der Waals surface area contributed by atoms with Crippen molar-refractivity contribution < 1.29 is 4.74 Å². The Morgan fingerprint density at radius 2 is 1.84 bits per heavy atom. The Hall–Kier alpha value is -0.930. The first-order valence-electron chi connectivity index (χ1n) is 6.44. The van der Waals surface area contributed by atoms with Crippen molar-refractivity contribution in [1.82, 2.24) is 0 Å². The molecule has 1 saturated carbocycles. The number of rotatable bonds is 4. The van der Waals surface area contributed by atoms with E-state index >= 15 is 0 Å². The zero-order chi connectivity index (χ0) is 12.8. The third-order valence-corrected chi connectivity index (χ3v) is 3.38. The molecule has 1 fully saturated rings. The van der Waals surface area contributed by atoms with Crippen LogP contribution in [0.15, 0.2) is 29.3 Å². The lowest BCUT2D eigenvalue weighted by atomic mass is 9.96. The lowest BCUT2D eigenvalue weighted by Crippen LogP contribution is -2.24. The minimum Gasteiger partial charge on any atom is -0.486 e. The zero-order valence-electron chi connectivity index (χ0n) is 10.8. The second kappa shape index (κ2) is 8.28. The second-order valence-electron chi connectivity index (χ2n) is 4.65. The molecule has 0 saturated heterocycles. The highest BCUT2D eigenvalue weighted by atomic mass is 35.5. The van der Waals surface area contributed by atoms with E-state index < -0.39 is 0 Å². The van der Waals surface area contributed by atoms with Gasteiger partial charge in [0.05, 0.1) is 6.04 Å². The van der Waals surface area contributed by atoms with Crippen molar-refractivity contribution in [3.05, 3.63) is 29.3 Å². The Kier molecular flexibility index (Phi) is 7.03. The van der Waals surface area contributed by atoms with Gasteiger partial charge in [0.25, 0.3) is 0 Å². The van der Waals surface area contributed by atoms with E-state index in [-0.39, 0.29) is 12.4 Å². The maximum Gasteiger partial charge on any atom is 0.145 e. The van der Waals surface area contributed by atoms with Gasteiger partial charge in [0.1, 0.15) is 18.2 Å². The normalized spacial score (nSPS) is 16.8. The average molecular weight is 303 g/mol. The molecule has 0 aliphatic heterocycles. The Bertz CT molecular complexity index is 400. The number of hydrogen-bond acceptors (Lipinski definition) is 2. The zero-order valence-corrected chi connectivity index (χ0v) is 12.4. The van der Waals surface area contributed by atoms with Crippen LogP contribution in [0, 0.1) is 0 Å². The number of nitrogens with zero attached hydrogens (tertiary/aromatic N) is 1. The van der Waals surface area contributed by atoms with Crippen molar-refractivity contribution >= 4 is 29.8 Å². The maximum absolute atomic E-state index is 5.88. The van der Waals surface area contributed by atoms with Gasteiger partial charge in [0, 0.05) is 5.02 Å². The monoisotopic (exact) mass is 302 g/mol. The van der Waals surface area contributed by atoms with Gasteiger partial charge >= 0.3 is 0 Å². The summed E-state index contributed by atoms with van der Waals surface area (Å²) in [6, 6.07) is 7.65. The Morgan fingerprint density at radius 3 is 2.47 bits per heavy atom. The molecular formula is C14H20Cl2N2O. The predicted molar refractivity (Wildman–Crippen MR) is 82.7 cm³/mol. The van der Waals surface area contributed by atoms with Gasteiger partial charge in [-0.1, -0.05) is 30.9 Å². The van der Waals surface area contributed by atoms with Gasteiger partial charge in [-0.2, -0.15) is 0 Å². The summed E-state index contributed by atoms with van der Waals surface area (Å²) in [5.41, 5.74) is 5.88. The molecule has 0 heterocycles. The van der Waals surface area contributed by atoms with Crippen LogP contribution in [0.3, 0.4) is 0 Å². The van der Waals surface area contributed by atoms with E-state index in [0.29, 0.717) is 23.5 Å². The molecule has 0 atom stereocenters. The van der Waals surface area contributed by atoms with Gasteiger partial charge in [-0.05, 0) is 37.1 Å². The van der Waals surface area contributed by atoms with E-state index in [4.69, 9.17) is 22.1 Å².